The molecular formula is C12H11ClN2O3S. The molecule has 1 aliphatic heterocycles. The molecule has 100 valence electrons. The lowest BCUT2D eigenvalue weighted by molar-refractivity contribution is 0.0572. The monoisotopic (exact) mass is 298 g/mol. The van der Waals surface area contributed by atoms with Crippen LogP contribution < -0.4 is 0 Å². The molecule has 1 fully saturated rings. The Labute approximate surface area is 118 Å². The number of hydrogen-bond acceptors (Lipinski definition) is 5. The van der Waals surface area contributed by atoms with Gasteiger partial charge in [-0.25, -0.2) is 0 Å². The van der Waals surface area contributed by atoms with Crippen molar-refractivity contribution in [2.75, 3.05) is 13.1 Å². The summed E-state index contributed by atoms with van der Waals surface area (Å²) in [7, 11) is 0. The van der Waals surface area contributed by atoms with Gasteiger partial charge in [-0.2, -0.15) is 0 Å². The second-order valence-corrected chi connectivity index (χ2v) is 5.92. The molecule has 3 rings (SSSR count). The van der Waals surface area contributed by atoms with Crippen LogP contribution in [0.15, 0.2) is 18.3 Å². The molecule has 2 N–H and O–H groups in total. The number of thiophene rings is 1. The number of pyridine rings is 1. The summed E-state index contributed by atoms with van der Waals surface area (Å²) in [4.78, 5) is 18.4. The van der Waals surface area contributed by atoms with Crippen LogP contribution in [0.4, 0.5) is 0 Å². The number of amides is 1. The summed E-state index contributed by atoms with van der Waals surface area (Å²) in [5.41, 5.74) is 0.682. The number of carbonyl (C=O) groups excluding carboxylic acids is 1. The Morgan fingerprint density at radius 1 is 1.42 bits per heavy atom. The first-order valence-corrected chi connectivity index (χ1v) is 6.95. The zero-order chi connectivity index (χ0) is 13.6. The van der Waals surface area contributed by atoms with E-state index in [-0.39, 0.29) is 19.0 Å². The van der Waals surface area contributed by atoms with Crippen LogP contribution in [-0.4, -0.2) is 51.3 Å². The molecule has 2 aromatic heterocycles. The fourth-order valence-electron chi connectivity index (χ4n) is 2.10. The van der Waals surface area contributed by atoms with E-state index in [2.05, 4.69) is 4.98 Å². The number of likely N-dealkylation sites (tertiary alicyclic amines) is 1. The van der Waals surface area contributed by atoms with Gasteiger partial charge in [-0.3, -0.25) is 9.78 Å². The normalized spacial score (nSPS) is 23.2. The molecule has 19 heavy (non-hydrogen) atoms. The number of fused-ring (bicyclic) bond motifs is 1. The van der Waals surface area contributed by atoms with Gasteiger partial charge in [0.15, 0.2) is 0 Å². The van der Waals surface area contributed by atoms with E-state index in [4.69, 9.17) is 11.6 Å². The second kappa shape index (κ2) is 4.72. The molecular weight excluding hydrogens is 288 g/mol. The van der Waals surface area contributed by atoms with Gasteiger partial charge in [-0.1, -0.05) is 11.6 Å². The lowest BCUT2D eigenvalue weighted by atomic mass is 10.3. The van der Waals surface area contributed by atoms with E-state index in [1.807, 2.05) is 0 Å². The molecule has 5 nitrogen and oxygen atoms in total. The van der Waals surface area contributed by atoms with E-state index < -0.39 is 12.2 Å². The van der Waals surface area contributed by atoms with Crippen LogP contribution in [0, 0.1) is 0 Å². The zero-order valence-electron chi connectivity index (χ0n) is 9.78. The predicted octanol–water partition coefficient (Wildman–Crippen LogP) is 1.13. The van der Waals surface area contributed by atoms with Gasteiger partial charge in [0.2, 0.25) is 0 Å². The second-order valence-electron chi connectivity index (χ2n) is 4.46. The first-order chi connectivity index (χ1) is 9.06. The van der Waals surface area contributed by atoms with Crippen LogP contribution in [0.1, 0.15) is 9.67 Å². The maximum absolute atomic E-state index is 12.3. The molecule has 1 amide bonds. The van der Waals surface area contributed by atoms with Crippen molar-refractivity contribution in [1.29, 1.82) is 0 Å². The Bertz CT molecular complexity index is 635. The van der Waals surface area contributed by atoms with Gasteiger partial charge in [-0.15, -0.1) is 11.3 Å². The number of aliphatic hydroxyl groups is 2. The number of carbonyl (C=O) groups is 1. The van der Waals surface area contributed by atoms with Crippen LogP contribution in [0.3, 0.4) is 0 Å². The third-order valence-electron chi connectivity index (χ3n) is 3.12. The summed E-state index contributed by atoms with van der Waals surface area (Å²) < 4.78 is 0.771. The van der Waals surface area contributed by atoms with E-state index in [0.29, 0.717) is 15.4 Å². The summed E-state index contributed by atoms with van der Waals surface area (Å²) in [6.07, 6.45) is -0.158. The van der Waals surface area contributed by atoms with Gasteiger partial charge in [-0.05, 0) is 12.1 Å². The van der Waals surface area contributed by atoms with Gasteiger partial charge in [0, 0.05) is 19.3 Å². The number of aliphatic hydroxyl groups excluding tert-OH is 2. The van der Waals surface area contributed by atoms with Gasteiger partial charge in [0.1, 0.15) is 0 Å². The van der Waals surface area contributed by atoms with Crippen molar-refractivity contribution in [3.63, 3.8) is 0 Å². The molecule has 0 unspecified atom stereocenters. The maximum atomic E-state index is 12.3. The SMILES string of the molecule is O=C(c1cc2nccc(Cl)c2s1)N1C[C@@H](O)[C@@H](O)C1. The number of halogens is 1. The summed E-state index contributed by atoms with van der Waals surface area (Å²) in [6, 6.07) is 3.36. The van der Waals surface area contributed by atoms with Crippen molar-refractivity contribution in [3.05, 3.63) is 28.2 Å². The number of β-amino-alcohol motifs (C(OH)–C–C–N with tert-alkyl or cyclic N) is 2. The zero-order valence-corrected chi connectivity index (χ0v) is 11.4. The van der Waals surface area contributed by atoms with Crippen molar-refractivity contribution in [2.24, 2.45) is 0 Å². The van der Waals surface area contributed by atoms with E-state index in [9.17, 15) is 15.0 Å². The number of rotatable bonds is 1. The fraction of sp³-hybridized carbons (Fsp3) is 0.333. The van der Waals surface area contributed by atoms with Crippen molar-refractivity contribution >= 4 is 39.1 Å². The number of hydrogen-bond donors (Lipinski definition) is 2. The van der Waals surface area contributed by atoms with Crippen LogP contribution in [-0.2, 0) is 0 Å². The molecule has 3 heterocycles. The summed E-state index contributed by atoms with van der Waals surface area (Å²) in [6.45, 7) is 0.296. The van der Waals surface area contributed by atoms with Crippen molar-refractivity contribution in [1.82, 2.24) is 9.88 Å². The average Bonchev–Trinajstić information content (AvgIpc) is 2.94. The lowest BCUT2D eigenvalue weighted by Gasteiger charge is -2.13. The van der Waals surface area contributed by atoms with Crippen LogP contribution in [0.25, 0.3) is 10.2 Å². The highest BCUT2D eigenvalue weighted by molar-refractivity contribution is 7.21. The minimum absolute atomic E-state index is 0.148. The van der Waals surface area contributed by atoms with Crippen molar-refractivity contribution in [3.8, 4) is 0 Å². The molecule has 1 saturated heterocycles. The first-order valence-electron chi connectivity index (χ1n) is 5.75. The Balaban J connectivity index is 1.92. The molecule has 0 bridgehead atoms. The molecule has 0 saturated carbocycles. The highest BCUT2D eigenvalue weighted by atomic mass is 35.5. The molecule has 1 aliphatic rings. The molecule has 0 aromatic carbocycles. The van der Waals surface area contributed by atoms with Gasteiger partial charge >= 0.3 is 0 Å². The quantitative estimate of drug-likeness (QED) is 0.828. The minimum Gasteiger partial charge on any atom is -0.388 e. The van der Waals surface area contributed by atoms with Gasteiger partial charge in [0.05, 0.1) is 32.3 Å². The highest BCUT2D eigenvalue weighted by Gasteiger charge is 2.33. The lowest BCUT2D eigenvalue weighted by Crippen LogP contribution is -2.29. The molecule has 0 radical (unpaired) electrons. The van der Waals surface area contributed by atoms with E-state index in [0.717, 1.165) is 4.70 Å². The molecule has 0 spiro atoms. The predicted molar refractivity (Wildman–Crippen MR) is 72.5 cm³/mol. The smallest absolute Gasteiger partial charge is 0.264 e. The molecule has 0 aliphatic carbocycles. The molecule has 2 atom stereocenters. The average molecular weight is 299 g/mol. The Kier molecular flexibility index (Phi) is 3.18. The standard InChI is InChI=1S/C12H11ClN2O3S/c13-6-1-2-14-7-3-10(19-11(6)7)12(18)15-4-8(16)9(17)5-15/h1-3,8-9,16-17H,4-5H2/t8-,9+. The van der Waals surface area contributed by atoms with Crippen LogP contribution in [0.2, 0.25) is 5.02 Å². The first kappa shape index (κ1) is 12.8. The number of aromatic nitrogens is 1. The van der Waals surface area contributed by atoms with Crippen molar-refractivity contribution < 1.29 is 15.0 Å². The van der Waals surface area contributed by atoms with Crippen LogP contribution >= 0.6 is 22.9 Å². The van der Waals surface area contributed by atoms with Crippen molar-refractivity contribution in [2.45, 2.75) is 12.2 Å². The van der Waals surface area contributed by atoms with Gasteiger partial charge in [0.25, 0.3) is 5.91 Å². The molecule has 7 heteroatoms. The van der Waals surface area contributed by atoms with Crippen LogP contribution in [0.5, 0.6) is 0 Å². The summed E-state index contributed by atoms with van der Waals surface area (Å²) in [5, 5.41) is 19.5. The Hall–Kier alpha value is -1.21. The van der Waals surface area contributed by atoms with E-state index >= 15 is 0 Å². The third-order valence-corrected chi connectivity index (χ3v) is 4.69. The topological polar surface area (TPSA) is 73.7 Å². The fourth-order valence-corrected chi connectivity index (χ4v) is 3.36. The largest absolute Gasteiger partial charge is 0.388 e. The maximum Gasteiger partial charge on any atom is 0.264 e. The number of nitrogens with zero attached hydrogens (tertiary/aromatic N) is 2. The minimum atomic E-state index is -0.875. The Morgan fingerprint density at radius 2 is 2.11 bits per heavy atom. The molecule has 2 aromatic rings. The van der Waals surface area contributed by atoms with Gasteiger partial charge < -0.3 is 15.1 Å². The van der Waals surface area contributed by atoms with E-state index in [1.165, 1.54) is 16.2 Å². The third kappa shape index (κ3) is 2.21. The highest BCUT2D eigenvalue weighted by Crippen LogP contribution is 2.31. The van der Waals surface area contributed by atoms with E-state index in [1.54, 1.807) is 18.3 Å². The summed E-state index contributed by atoms with van der Waals surface area (Å²) in [5.74, 6) is -0.213. The summed E-state index contributed by atoms with van der Waals surface area (Å²) >= 11 is 7.32. The Morgan fingerprint density at radius 3 is 2.74 bits per heavy atom.